The Morgan fingerprint density at radius 3 is 2.64 bits per heavy atom. The van der Waals surface area contributed by atoms with Gasteiger partial charge in [0.25, 0.3) is 0 Å². The highest BCUT2D eigenvalue weighted by Crippen LogP contribution is 2.25. The predicted octanol–water partition coefficient (Wildman–Crippen LogP) is 3.04. The second-order valence-corrected chi connectivity index (χ2v) is 5.61. The minimum Gasteiger partial charge on any atom is -0.385 e. The molecule has 2 N–H and O–H groups in total. The van der Waals surface area contributed by atoms with Crippen LogP contribution in [0.4, 0.5) is 10.5 Å². The van der Waals surface area contributed by atoms with E-state index < -0.39 is 0 Å². The first-order valence-corrected chi connectivity index (χ1v) is 7.41. The first-order valence-electron chi connectivity index (χ1n) is 7.41. The van der Waals surface area contributed by atoms with Crippen LogP contribution in [-0.4, -0.2) is 28.4 Å². The van der Waals surface area contributed by atoms with E-state index >= 15 is 0 Å². The van der Waals surface area contributed by atoms with Gasteiger partial charge in [-0.1, -0.05) is 18.2 Å². The van der Waals surface area contributed by atoms with Crippen molar-refractivity contribution in [2.75, 3.05) is 11.9 Å². The van der Waals surface area contributed by atoms with Crippen molar-refractivity contribution >= 4 is 11.7 Å². The molecule has 0 radical (unpaired) electrons. The molecule has 2 aliphatic rings. The zero-order chi connectivity index (χ0) is 15.5. The molecule has 0 aromatic heterocycles. The number of benzene rings is 1. The van der Waals surface area contributed by atoms with Gasteiger partial charge in [0.1, 0.15) is 5.82 Å². The van der Waals surface area contributed by atoms with Crippen molar-refractivity contribution in [3.63, 3.8) is 0 Å². The standard InChI is InChI=1S/C17H20N4O/c1-13(2)18-15-8-9-16-20(12-15)10-11-21(16)17(22)19-14-6-4-3-5-7-14/h3-11,13,18H,12H2,1-2H3,(H,19,22). The van der Waals surface area contributed by atoms with E-state index in [4.69, 9.17) is 0 Å². The number of amides is 2. The van der Waals surface area contributed by atoms with E-state index in [0.717, 1.165) is 23.8 Å². The molecule has 2 aliphatic heterocycles. The summed E-state index contributed by atoms with van der Waals surface area (Å²) in [6.45, 7) is 4.97. The largest absolute Gasteiger partial charge is 0.385 e. The Bertz CT molecular complexity index is 646. The Hall–Kier alpha value is -2.69. The number of para-hydroxylation sites is 1. The minimum absolute atomic E-state index is 0.162. The molecule has 0 unspecified atom stereocenters. The number of allylic oxidation sites excluding steroid dienone is 2. The zero-order valence-corrected chi connectivity index (χ0v) is 12.8. The Morgan fingerprint density at radius 1 is 1.14 bits per heavy atom. The van der Waals surface area contributed by atoms with E-state index in [9.17, 15) is 4.79 Å². The highest BCUT2D eigenvalue weighted by molar-refractivity contribution is 5.91. The van der Waals surface area contributed by atoms with Crippen LogP contribution >= 0.6 is 0 Å². The van der Waals surface area contributed by atoms with E-state index in [1.54, 1.807) is 11.1 Å². The highest BCUT2D eigenvalue weighted by atomic mass is 16.2. The molecule has 5 heteroatoms. The van der Waals surface area contributed by atoms with E-state index in [1.165, 1.54) is 0 Å². The summed E-state index contributed by atoms with van der Waals surface area (Å²) in [4.78, 5) is 16.1. The van der Waals surface area contributed by atoms with E-state index in [1.807, 2.05) is 48.7 Å². The van der Waals surface area contributed by atoms with Crippen molar-refractivity contribution in [1.82, 2.24) is 15.1 Å². The molecule has 0 saturated heterocycles. The van der Waals surface area contributed by atoms with Crippen molar-refractivity contribution in [1.29, 1.82) is 0 Å². The lowest BCUT2D eigenvalue weighted by Gasteiger charge is -2.28. The molecule has 5 nitrogen and oxygen atoms in total. The SMILES string of the molecule is CC(C)NC1=CC=C2N(C=CN2C(=O)Nc2ccccc2)C1. The quantitative estimate of drug-likeness (QED) is 0.901. The Labute approximate surface area is 130 Å². The second kappa shape index (κ2) is 5.97. The monoisotopic (exact) mass is 296 g/mol. The van der Waals surface area contributed by atoms with Crippen LogP contribution in [0.15, 0.2) is 66.4 Å². The predicted molar refractivity (Wildman–Crippen MR) is 87.6 cm³/mol. The van der Waals surface area contributed by atoms with Gasteiger partial charge in [-0.3, -0.25) is 4.90 Å². The van der Waals surface area contributed by atoms with Gasteiger partial charge in [0.2, 0.25) is 0 Å². The van der Waals surface area contributed by atoms with E-state index in [2.05, 4.69) is 29.4 Å². The Balaban J connectivity index is 1.71. The van der Waals surface area contributed by atoms with Crippen molar-refractivity contribution in [2.24, 2.45) is 0 Å². The number of carbonyl (C=O) groups is 1. The molecular weight excluding hydrogens is 276 g/mol. The molecule has 0 spiro atoms. The summed E-state index contributed by atoms with van der Waals surface area (Å²) in [7, 11) is 0. The first-order chi connectivity index (χ1) is 10.6. The van der Waals surface area contributed by atoms with Gasteiger partial charge < -0.3 is 15.5 Å². The average molecular weight is 296 g/mol. The summed E-state index contributed by atoms with van der Waals surface area (Å²) in [5.74, 6) is 0.864. The van der Waals surface area contributed by atoms with Gasteiger partial charge in [-0.2, -0.15) is 0 Å². The maximum absolute atomic E-state index is 12.4. The fourth-order valence-corrected chi connectivity index (χ4v) is 2.50. The number of rotatable bonds is 3. The molecule has 1 aromatic carbocycles. The van der Waals surface area contributed by atoms with Crippen LogP contribution in [0.3, 0.4) is 0 Å². The summed E-state index contributed by atoms with van der Waals surface area (Å²) in [6, 6.07) is 9.69. The smallest absolute Gasteiger partial charge is 0.331 e. The number of carbonyl (C=O) groups excluding carboxylic acids is 1. The zero-order valence-electron chi connectivity index (χ0n) is 12.8. The molecule has 1 aromatic rings. The topological polar surface area (TPSA) is 47.6 Å². The third-order valence-electron chi connectivity index (χ3n) is 3.43. The number of urea groups is 1. The summed E-state index contributed by atoms with van der Waals surface area (Å²) in [5, 5.41) is 6.29. The molecule has 0 fully saturated rings. The summed E-state index contributed by atoms with van der Waals surface area (Å²) in [6.07, 6.45) is 7.70. The molecule has 0 atom stereocenters. The Morgan fingerprint density at radius 2 is 1.91 bits per heavy atom. The molecule has 3 rings (SSSR count). The maximum Gasteiger partial charge on any atom is 0.331 e. The summed E-state index contributed by atoms with van der Waals surface area (Å²) >= 11 is 0. The van der Waals surface area contributed by atoms with Crippen LogP contribution in [0.5, 0.6) is 0 Å². The van der Waals surface area contributed by atoms with Crippen molar-refractivity contribution in [3.05, 3.63) is 66.4 Å². The minimum atomic E-state index is -0.162. The summed E-state index contributed by atoms with van der Waals surface area (Å²) < 4.78 is 0. The summed E-state index contributed by atoms with van der Waals surface area (Å²) in [5.41, 5.74) is 1.93. The average Bonchev–Trinajstić information content (AvgIpc) is 2.91. The molecule has 114 valence electrons. The number of nitrogens with one attached hydrogen (secondary N) is 2. The van der Waals surface area contributed by atoms with Gasteiger partial charge in [-0.15, -0.1) is 0 Å². The van der Waals surface area contributed by atoms with Gasteiger partial charge in [-0.25, -0.2) is 4.79 Å². The van der Waals surface area contributed by atoms with Gasteiger partial charge in [-0.05, 0) is 38.1 Å². The van der Waals surface area contributed by atoms with E-state index in [-0.39, 0.29) is 6.03 Å². The first kappa shape index (κ1) is 14.3. The highest BCUT2D eigenvalue weighted by Gasteiger charge is 2.27. The molecule has 0 saturated carbocycles. The van der Waals surface area contributed by atoms with Crippen molar-refractivity contribution in [3.8, 4) is 0 Å². The number of anilines is 1. The van der Waals surface area contributed by atoms with Gasteiger partial charge >= 0.3 is 6.03 Å². The fraction of sp³-hybridized carbons (Fsp3) is 0.235. The van der Waals surface area contributed by atoms with Gasteiger partial charge in [0.15, 0.2) is 0 Å². The molecule has 0 bridgehead atoms. The van der Waals surface area contributed by atoms with Gasteiger partial charge in [0, 0.05) is 29.8 Å². The van der Waals surface area contributed by atoms with Crippen LogP contribution in [-0.2, 0) is 0 Å². The molecular formula is C17H20N4O. The third kappa shape index (κ3) is 2.98. The van der Waals surface area contributed by atoms with Crippen LogP contribution in [0.25, 0.3) is 0 Å². The van der Waals surface area contributed by atoms with Crippen molar-refractivity contribution in [2.45, 2.75) is 19.9 Å². The lowest BCUT2D eigenvalue weighted by Crippen LogP contribution is -2.36. The number of fused-ring (bicyclic) bond motifs is 1. The molecule has 2 heterocycles. The van der Waals surface area contributed by atoms with Crippen LogP contribution in [0, 0.1) is 0 Å². The Kier molecular flexibility index (Phi) is 3.87. The number of hydrogen-bond donors (Lipinski definition) is 2. The van der Waals surface area contributed by atoms with Crippen molar-refractivity contribution < 1.29 is 4.79 Å². The third-order valence-corrected chi connectivity index (χ3v) is 3.43. The molecule has 2 amide bonds. The van der Waals surface area contributed by atoms with Gasteiger partial charge in [0.05, 0.1) is 6.54 Å². The van der Waals surface area contributed by atoms with Crippen LogP contribution in [0.1, 0.15) is 13.8 Å². The number of hydrogen-bond acceptors (Lipinski definition) is 3. The normalized spacial score (nSPS) is 16.3. The number of nitrogens with zero attached hydrogens (tertiary/aromatic N) is 2. The molecule has 0 aliphatic carbocycles. The fourth-order valence-electron chi connectivity index (χ4n) is 2.50. The van der Waals surface area contributed by atoms with Crippen LogP contribution in [0.2, 0.25) is 0 Å². The second-order valence-electron chi connectivity index (χ2n) is 5.61. The van der Waals surface area contributed by atoms with E-state index in [0.29, 0.717) is 6.04 Å². The molecule has 22 heavy (non-hydrogen) atoms. The maximum atomic E-state index is 12.4. The lowest BCUT2D eigenvalue weighted by molar-refractivity contribution is 0.232. The lowest BCUT2D eigenvalue weighted by atomic mass is 10.2. The van der Waals surface area contributed by atoms with Crippen LogP contribution < -0.4 is 10.6 Å².